The van der Waals surface area contributed by atoms with E-state index in [-0.39, 0.29) is 0 Å². The first-order valence-electron chi connectivity index (χ1n) is 9.43. The Morgan fingerprint density at radius 1 is 1.38 bits per heavy atom. The summed E-state index contributed by atoms with van der Waals surface area (Å²) < 4.78 is 7.95. The molecule has 1 aliphatic rings. The average molecular weight is 395 g/mol. The van der Waals surface area contributed by atoms with E-state index >= 15 is 0 Å². The lowest BCUT2D eigenvalue weighted by Gasteiger charge is -2.28. The molecule has 5 nitrogen and oxygen atoms in total. The maximum atomic E-state index is 5.99. The summed E-state index contributed by atoms with van der Waals surface area (Å²) >= 11 is 3.77. The maximum absolute atomic E-state index is 5.99. The molecule has 0 bridgehead atoms. The van der Waals surface area contributed by atoms with Crippen LogP contribution < -0.4 is 0 Å². The van der Waals surface area contributed by atoms with Crippen molar-refractivity contribution in [2.75, 3.05) is 31.8 Å². The molecule has 0 aromatic carbocycles. The van der Waals surface area contributed by atoms with Crippen LogP contribution in [0.2, 0.25) is 0 Å². The number of hydrogen-bond donors (Lipinski definition) is 0. The van der Waals surface area contributed by atoms with Crippen molar-refractivity contribution in [2.24, 2.45) is 0 Å². The predicted octanol–water partition coefficient (Wildman–Crippen LogP) is 3.41. The van der Waals surface area contributed by atoms with Gasteiger partial charge in [0.15, 0.2) is 0 Å². The van der Waals surface area contributed by atoms with E-state index in [4.69, 9.17) is 4.74 Å². The summed E-state index contributed by atoms with van der Waals surface area (Å²) in [6, 6.07) is 2.76. The molecule has 0 fully saturated rings. The van der Waals surface area contributed by atoms with E-state index in [1.54, 1.807) is 0 Å². The molecule has 7 heteroatoms. The Hall–Kier alpha value is -0.890. The third kappa shape index (κ3) is 5.55. The number of rotatable bonds is 5. The van der Waals surface area contributed by atoms with Gasteiger partial charge in [0.1, 0.15) is 0 Å². The van der Waals surface area contributed by atoms with Gasteiger partial charge in [-0.25, -0.2) is 0 Å². The number of nitrogens with zero attached hydrogens (tertiary/aromatic N) is 4. The topological polar surface area (TPSA) is 43.2 Å². The van der Waals surface area contributed by atoms with Crippen LogP contribution in [0.4, 0.5) is 0 Å². The van der Waals surface area contributed by atoms with Gasteiger partial charge in [-0.2, -0.15) is 11.8 Å². The van der Waals surface area contributed by atoms with Crippen molar-refractivity contribution in [3.05, 3.63) is 33.3 Å². The molecule has 0 amide bonds. The average Bonchev–Trinajstić information content (AvgIpc) is 3.21. The van der Waals surface area contributed by atoms with Crippen LogP contribution in [0.3, 0.4) is 0 Å². The smallest absolute Gasteiger partial charge is 0.0967 e. The van der Waals surface area contributed by atoms with Crippen LogP contribution in [0.1, 0.15) is 34.4 Å². The fourth-order valence-corrected chi connectivity index (χ4v) is 4.84. The number of aromatic nitrogens is 3. The lowest BCUT2D eigenvalue weighted by molar-refractivity contribution is 0.0642. The van der Waals surface area contributed by atoms with Gasteiger partial charge in [-0.1, -0.05) is 5.21 Å². The van der Waals surface area contributed by atoms with E-state index in [1.165, 1.54) is 21.7 Å². The molecule has 1 atom stereocenters. The molecule has 2 aromatic rings. The molecule has 0 aliphatic carbocycles. The molecule has 0 radical (unpaired) electrons. The summed E-state index contributed by atoms with van der Waals surface area (Å²) in [5.41, 5.74) is 2.58. The van der Waals surface area contributed by atoms with Gasteiger partial charge in [0.05, 0.1) is 25.5 Å². The molecular formula is C19H30N4OS2. The zero-order valence-electron chi connectivity index (χ0n) is 16.1. The van der Waals surface area contributed by atoms with Crippen LogP contribution in [0.15, 0.2) is 12.3 Å². The Balaban J connectivity index is 1.63. The second kappa shape index (κ2) is 9.88. The van der Waals surface area contributed by atoms with Crippen molar-refractivity contribution < 1.29 is 4.74 Å². The monoisotopic (exact) mass is 394 g/mol. The fraction of sp³-hybridized carbons (Fsp3) is 0.684. The molecule has 1 aliphatic heterocycles. The normalized spacial score (nSPS) is 19.9. The van der Waals surface area contributed by atoms with Gasteiger partial charge >= 0.3 is 0 Å². The molecular weight excluding hydrogens is 364 g/mol. The number of aryl methyl sites for hydroxylation is 3. The minimum atomic E-state index is 0.393. The van der Waals surface area contributed by atoms with Gasteiger partial charge in [-0.3, -0.25) is 9.58 Å². The Bertz CT molecular complexity index is 685. The van der Waals surface area contributed by atoms with Crippen molar-refractivity contribution in [1.82, 2.24) is 19.9 Å². The summed E-state index contributed by atoms with van der Waals surface area (Å²) in [6.07, 6.45) is 7.59. The van der Waals surface area contributed by atoms with E-state index in [0.717, 1.165) is 57.1 Å². The fourth-order valence-electron chi connectivity index (χ4n) is 3.40. The van der Waals surface area contributed by atoms with Crippen LogP contribution in [0.25, 0.3) is 0 Å². The van der Waals surface area contributed by atoms with Crippen molar-refractivity contribution in [2.45, 2.75) is 52.2 Å². The molecule has 0 spiro atoms. The summed E-state index contributed by atoms with van der Waals surface area (Å²) in [6.45, 7) is 8.90. The second-order valence-corrected chi connectivity index (χ2v) is 9.35. The Morgan fingerprint density at radius 3 is 3.12 bits per heavy atom. The summed E-state index contributed by atoms with van der Waals surface area (Å²) in [7, 11) is 0. The van der Waals surface area contributed by atoms with E-state index < -0.39 is 0 Å². The molecule has 0 saturated carbocycles. The lowest BCUT2D eigenvalue weighted by atomic mass is 10.1. The molecule has 144 valence electrons. The van der Waals surface area contributed by atoms with Gasteiger partial charge in [0.2, 0.25) is 0 Å². The van der Waals surface area contributed by atoms with Crippen molar-refractivity contribution in [1.29, 1.82) is 0 Å². The van der Waals surface area contributed by atoms with Crippen LogP contribution >= 0.6 is 23.1 Å². The van der Waals surface area contributed by atoms with Crippen molar-refractivity contribution in [3.8, 4) is 0 Å². The number of fused-ring (bicyclic) bond motifs is 1. The van der Waals surface area contributed by atoms with Gasteiger partial charge in [0, 0.05) is 40.7 Å². The third-order valence-electron chi connectivity index (χ3n) is 4.84. The molecule has 0 unspecified atom stereocenters. The first-order valence-corrected chi connectivity index (χ1v) is 11.6. The Kier molecular flexibility index (Phi) is 7.54. The standard InChI is InChI=1S/C19H30N4OS2/c1-15-14-24-9-6-19-17(11-16(2)26-19)5-4-7-22(15)12-18-13-23(21-20-18)8-10-25-3/h11,13,15H,4-10,12,14H2,1-3H3/t15-/m0/s1. The quantitative estimate of drug-likeness (QED) is 0.777. The SMILES string of the molecule is CSCCn1cc(CN2CCCc3cc(C)sc3CCOC[C@@H]2C)nn1. The molecule has 26 heavy (non-hydrogen) atoms. The number of thiophene rings is 1. The van der Waals surface area contributed by atoms with Gasteiger partial charge in [-0.15, -0.1) is 16.4 Å². The maximum Gasteiger partial charge on any atom is 0.0967 e. The van der Waals surface area contributed by atoms with E-state index in [9.17, 15) is 0 Å². The van der Waals surface area contributed by atoms with Gasteiger partial charge in [-0.05, 0) is 51.1 Å². The number of ether oxygens (including phenoxy) is 1. The second-order valence-electron chi connectivity index (χ2n) is 7.02. The van der Waals surface area contributed by atoms with Crippen LogP contribution in [-0.2, 0) is 30.7 Å². The Labute approximate surface area is 165 Å². The van der Waals surface area contributed by atoms with Gasteiger partial charge in [0.25, 0.3) is 0 Å². The zero-order valence-corrected chi connectivity index (χ0v) is 17.7. The highest BCUT2D eigenvalue weighted by atomic mass is 32.2. The first kappa shape index (κ1) is 19.9. The highest BCUT2D eigenvalue weighted by molar-refractivity contribution is 7.98. The summed E-state index contributed by atoms with van der Waals surface area (Å²) in [5, 5.41) is 8.64. The lowest BCUT2D eigenvalue weighted by Crippen LogP contribution is -2.37. The summed E-state index contributed by atoms with van der Waals surface area (Å²) in [5.74, 6) is 1.07. The predicted molar refractivity (Wildman–Crippen MR) is 110 cm³/mol. The molecule has 0 N–H and O–H groups in total. The summed E-state index contributed by atoms with van der Waals surface area (Å²) in [4.78, 5) is 5.42. The van der Waals surface area contributed by atoms with Crippen molar-refractivity contribution in [3.63, 3.8) is 0 Å². The highest BCUT2D eigenvalue weighted by Gasteiger charge is 2.18. The minimum absolute atomic E-state index is 0.393. The highest BCUT2D eigenvalue weighted by Crippen LogP contribution is 2.24. The zero-order chi connectivity index (χ0) is 18.4. The first-order chi connectivity index (χ1) is 12.7. The van der Waals surface area contributed by atoms with E-state index in [0.29, 0.717) is 6.04 Å². The van der Waals surface area contributed by atoms with E-state index in [2.05, 4.69) is 47.6 Å². The third-order valence-corrected chi connectivity index (χ3v) is 6.59. The van der Waals surface area contributed by atoms with Gasteiger partial charge < -0.3 is 4.74 Å². The van der Waals surface area contributed by atoms with E-state index in [1.807, 2.05) is 27.8 Å². The minimum Gasteiger partial charge on any atom is -0.379 e. The van der Waals surface area contributed by atoms with Crippen molar-refractivity contribution >= 4 is 23.1 Å². The molecule has 3 rings (SSSR count). The van der Waals surface area contributed by atoms with Crippen LogP contribution in [0, 0.1) is 6.92 Å². The number of hydrogen-bond acceptors (Lipinski definition) is 6. The number of thioether (sulfide) groups is 1. The van der Waals surface area contributed by atoms with Crippen LogP contribution in [0.5, 0.6) is 0 Å². The molecule has 0 saturated heterocycles. The molecule has 2 aromatic heterocycles. The molecule has 3 heterocycles. The van der Waals surface area contributed by atoms with Crippen LogP contribution in [-0.4, -0.2) is 57.7 Å². The largest absolute Gasteiger partial charge is 0.379 e. The Morgan fingerprint density at radius 2 is 2.27 bits per heavy atom.